The molecule has 0 aromatic heterocycles. The van der Waals surface area contributed by atoms with E-state index in [9.17, 15) is 9.59 Å². The normalized spacial score (nSPS) is 10.4. The van der Waals surface area contributed by atoms with Gasteiger partial charge in [0.25, 0.3) is 0 Å². The minimum absolute atomic E-state index is 0.224. The molecule has 25 heavy (non-hydrogen) atoms. The molecule has 0 aliphatic rings. The molecule has 0 N–H and O–H groups in total. The molecule has 0 aliphatic carbocycles. The van der Waals surface area contributed by atoms with E-state index in [4.69, 9.17) is 21.1 Å². The molecule has 0 heterocycles. The lowest BCUT2D eigenvalue weighted by molar-refractivity contribution is -0.145. The zero-order valence-corrected chi connectivity index (χ0v) is 16.7. The number of carbonyl (C=O) groups excluding carboxylic acids is 2. The number of hydrogen-bond donors (Lipinski definition) is 0. The number of esters is 2. The lowest BCUT2D eigenvalue weighted by atomic mass is 10.1. The third-order valence-corrected chi connectivity index (χ3v) is 4.06. The topological polar surface area (TPSA) is 52.6 Å². The maximum Gasteiger partial charge on any atom is 0.306 e. The molecule has 5 heteroatoms. The van der Waals surface area contributed by atoms with Crippen LogP contribution in [-0.2, 0) is 19.1 Å². The van der Waals surface area contributed by atoms with Crippen molar-refractivity contribution in [2.45, 2.75) is 84.5 Å². The van der Waals surface area contributed by atoms with E-state index in [-0.39, 0.29) is 24.8 Å². The molecule has 0 saturated carbocycles. The van der Waals surface area contributed by atoms with E-state index in [1.165, 1.54) is 32.1 Å². The molecule has 0 saturated heterocycles. The molecule has 0 fully saturated rings. The van der Waals surface area contributed by atoms with Crippen molar-refractivity contribution >= 4 is 23.5 Å². The number of hydrogen-bond acceptors (Lipinski definition) is 4. The zero-order chi connectivity index (χ0) is 18.8. The summed E-state index contributed by atoms with van der Waals surface area (Å²) in [6, 6.07) is 0. The van der Waals surface area contributed by atoms with Crippen LogP contribution in [0.2, 0.25) is 0 Å². The van der Waals surface area contributed by atoms with Gasteiger partial charge in [0.05, 0.1) is 6.61 Å². The second-order valence-corrected chi connectivity index (χ2v) is 6.93. The van der Waals surface area contributed by atoms with Crippen molar-refractivity contribution < 1.29 is 19.1 Å². The molecule has 0 rings (SSSR count). The Balaban J connectivity index is 3.36. The molecule has 0 bridgehead atoms. The summed E-state index contributed by atoms with van der Waals surface area (Å²) in [5.41, 5.74) is 1.11. The molecule has 0 spiro atoms. The van der Waals surface area contributed by atoms with Gasteiger partial charge in [0.15, 0.2) is 0 Å². The maximum atomic E-state index is 11.6. The summed E-state index contributed by atoms with van der Waals surface area (Å²) in [6.07, 6.45) is 12.2. The first-order chi connectivity index (χ1) is 12.1. The Labute approximate surface area is 158 Å². The van der Waals surface area contributed by atoms with Gasteiger partial charge in [-0.3, -0.25) is 9.59 Å². The fraction of sp³-hybridized carbons (Fsp3) is 0.800. The number of carbonyl (C=O) groups is 2. The fourth-order valence-electron chi connectivity index (χ4n) is 2.27. The highest BCUT2D eigenvalue weighted by Crippen LogP contribution is 2.09. The van der Waals surface area contributed by atoms with Crippen molar-refractivity contribution in [2.24, 2.45) is 0 Å². The molecule has 0 atom stereocenters. The SMILES string of the molecule is CC(C)=CCOC(=O)CCCC(=O)OCCCCCCCCCCCl. The van der Waals surface area contributed by atoms with Crippen LogP contribution >= 0.6 is 11.6 Å². The van der Waals surface area contributed by atoms with Crippen LogP contribution in [-0.4, -0.2) is 31.0 Å². The number of ether oxygens (including phenoxy) is 2. The average molecular weight is 375 g/mol. The van der Waals surface area contributed by atoms with Gasteiger partial charge >= 0.3 is 11.9 Å². The van der Waals surface area contributed by atoms with Crippen molar-refractivity contribution in [2.75, 3.05) is 19.1 Å². The van der Waals surface area contributed by atoms with Gasteiger partial charge < -0.3 is 9.47 Å². The van der Waals surface area contributed by atoms with Crippen LogP contribution in [0.25, 0.3) is 0 Å². The number of alkyl halides is 1. The first-order valence-electron chi connectivity index (χ1n) is 9.57. The van der Waals surface area contributed by atoms with E-state index in [2.05, 4.69) is 0 Å². The predicted molar refractivity (Wildman–Crippen MR) is 103 cm³/mol. The van der Waals surface area contributed by atoms with Crippen LogP contribution in [0.15, 0.2) is 11.6 Å². The largest absolute Gasteiger partial charge is 0.466 e. The van der Waals surface area contributed by atoms with Gasteiger partial charge in [0, 0.05) is 18.7 Å². The maximum absolute atomic E-state index is 11.6. The van der Waals surface area contributed by atoms with E-state index < -0.39 is 0 Å². The smallest absolute Gasteiger partial charge is 0.306 e. The number of allylic oxidation sites excluding steroid dienone is 1. The Morgan fingerprint density at radius 2 is 1.28 bits per heavy atom. The van der Waals surface area contributed by atoms with Gasteiger partial charge in [-0.2, -0.15) is 0 Å². The fourth-order valence-corrected chi connectivity index (χ4v) is 2.45. The van der Waals surface area contributed by atoms with Crippen molar-refractivity contribution in [1.82, 2.24) is 0 Å². The van der Waals surface area contributed by atoms with Gasteiger partial charge in [-0.15, -0.1) is 11.6 Å². The second kappa shape index (κ2) is 17.8. The van der Waals surface area contributed by atoms with E-state index in [1.807, 2.05) is 19.9 Å². The minimum Gasteiger partial charge on any atom is -0.466 e. The van der Waals surface area contributed by atoms with E-state index in [0.29, 0.717) is 19.6 Å². The summed E-state index contributed by atoms with van der Waals surface area (Å²) in [7, 11) is 0. The molecule has 4 nitrogen and oxygen atoms in total. The lowest BCUT2D eigenvalue weighted by Crippen LogP contribution is -2.09. The Morgan fingerprint density at radius 1 is 0.760 bits per heavy atom. The summed E-state index contributed by atoms with van der Waals surface area (Å²) in [5, 5.41) is 0. The number of unbranched alkanes of at least 4 members (excludes halogenated alkanes) is 7. The highest BCUT2D eigenvalue weighted by molar-refractivity contribution is 6.17. The third-order valence-electron chi connectivity index (χ3n) is 3.79. The molecule has 0 aliphatic heterocycles. The Hall–Kier alpha value is -1.03. The number of rotatable bonds is 16. The van der Waals surface area contributed by atoms with E-state index in [0.717, 1.165) is 30.7 Å². The molecule has 146 valence electrons. The van der Waals surface area contributed by atoms with E-state index >= 15 is 0 Å². The Kier molecular flexibility index (Phi) is 17.0. The molecule has 0 unspecified atom stereocenters. The van der Waals surface area contributed by atoms with Crippen molar-refractivity contribution in [3.05, 3.63) is 11.6 Å². The van der Waals surface area contributed by atoms with Gasteiger partial charge in [-0.25, -0.2) is 0 Å². The monoisotopic (exact) mass is 374 g/mol. The molecule has 0 aromatic rings. The summed E-state index contributed by atoms with van der Waals surface area (Å²) >= 11 is 5.64. The van der Waals surface area contributed by atoms with Gasteiger partial charge in [-0.1, -0.05) is 44.1 Å². The average Bonchev–Trinajstić information content (AvgIpc) is 2.56. The van der Waals surface area contributed by atoms with Crippen LogP contribution in [0.4, 0.5) is 0 Å². The van der Waals surface area contributed by atoms with Gasteiger partial charge in [0.1, 0.15) is 6.61 Å². The number of halogens is 1. The van der Waals surface area contributed by atoms with Crippen LogP contribution in [0.3, 0.4) is 0 Å². The first kappa shape index (κ1) is 24.0. The highest BCUT2D eigenvalue weighted by Gasteiger charge is 2.06. The molecular weight excluding hydrogens is 340 g/mol. The summed E-state index contributed by atoms with van der Waals surface area (Å²) in [4.78, 5) is 23.0. The Morgan fingerprint density at radius 3 is 1.84 bits per heavy atom. The third kappa shape index (κ3) is 19.1. The lowest BCUT2D eigenvalue weighted by Gasteiger charge is -2.05. The zero-order valence-electron chi connectivity index (χ0n) is 16.0. The Bertz CT molecular complexity index is 376. The standard InChI is InChI=1S/C20H35ClO4/c1-18(2)14-17-25-20(23)13-11-12-19(22)24-16-10-8-6-4-3-5-7-9-15-21/h14H,3-13,15-17H2,1-2H3. The molecular formula is C20H35ClO4. The highest BCUT2D eigenvalue weighted by atomic mass is 35.5. The van der Waals surface area contributed by atoms with Crippen molar-refractivity contribution in [1.29, 1.82) is 0 Å². The molecule has 0 aromatic carbocycles. The van der Waals surface area contributed by atoms with Gasteiger partial charge in [0.2, 0.25) is 0 Å². The van der Waals surface area contributed by atoms with Crippen LogP contribution in [0, 0.1) is 0 Å². The minimum atomic E-state index is -0.267. The van der Waals surface area contributed by atoms with Crippen molar-refractivity contribution in [3.8, 4) is 0 Å². The molecule has 0 amide bonds. The summed E-state index contributed by atoms with van der Waals surface area (Å²) < 4.78 is 10.2. The quantitative estimate of drug-likeness (QED) is 0.153. The van der Waals surface area contributed by atoms with Crippen LogP contribution < -0.4 is 0 Å². The van der Waals surface area contributed by atoms with Crippen molar-refractivity contribution in [3.63, 3.8) is 0 Å². The summed E-state index contributed by atoms with van der Waals surface area (Å²) in [6.45, 7) is 4.69. The van der Waals surface area contributed by atoms with Crippen LogP contribution in [0.1, 0.15) is 84.5 Å². The molecule has 0 radical (unpaired) electrons. The van der Waals surface area contributed by atoms with Crippen LogP contribution in [0.5, 0.6) is 0 Å². The first-order valence-corrected chi connectivity index (χ1v) is 10.1. The second-order valence-electron chi connectivity index (χ2n) is 6.56. The summed E-state index contributed by atoms with van der Waals surface area (Å²) in [5.74, 6) is 0.275. The van der Waals surface area contributed by atoms with Gasteiger partial charge in [-0.05, 0) is 39.2 Å². The van der Waals surface area contributed by atoms with E-state index in [1.54, 1.807) is 0 Å². The predicted octanol–water partition coefficient (Wildman–Crippen LogP) is 5.57.